The highest BCUT2D eigenvalue weighted by atomic mass is 32.1. The van der Waals surface area contributed by atoms with Gasteiger partial charge in [-0.15, -0.1) is 11.3 Å². The molecule has 0 bridgehead atoms. The van der Waals surface area contributed by atoms with Crippen LogP contribution in [0.15, 0.2) is 18.5 Å². The molecule has 2 aromatic heterocycles. The number of hydrogen-bond donors (Lipinski definition) is 3. The molecule has 0 fully saturated rings. The highest BCUT2D eigenvalue weighted by Crippen LogP contribution is 2.32. The number of carbonyl (C=O) groups is 2. The van der Waals surface area contributed by atoms with E-state index in [9.17, 15) is 9.59 Å². The predicted octanol–water partition coefficient (Wildman–Crippen LogP) is 0.110. The van der Waals surface area contributed by atoms with Crippen molar-refractivity contribution in [3.63, 3.8) is 0 Å². The van der Waals surface area contributed by atoms with Gasteiger partial charge in [0.05, 0.1) is 17.0 Å². The minimum Gasteiger partial charge on any atom is -0.397 e. The molecule has 5 N–H and O–H groups in total. The summed E-state index contributed by atoms with van der Waals surface area (Å²) >= 11 is 1.29. The van der Waals surface area contributed by atoms with Crippen molar-refractivity contribution >= 4 is 38.9 Å². The highest BCUT2D eigenvalue weighted by molar-refractivity contribution is 7.21. The van der Waals surface area contributed by atoms with Crippen LogP contribution in [0.3, 0.4) is 0 Å². The van der Waals surface area contributed by atoms with Gasteiger partial charge in [-0.2, -0.15) is 0 Å². The minimum atomic E-state index is -0.544. The Bertz CT molecular complexity index is 641. The van der Waals surface area contributed by atoms with Crippen LogP contribution in [-0.4, -0.2) is 36.6 Å². The third-order valence-electron chi connectivity index (χ3n) is 2.51. The van der Waals surface area contributed by atoms with Gasteiger partial charge in [0.1, 0.15) is 11.5 Å². The van der Waals surface area contributed by atoms with Crippen molar-refractivity contribution < 1.29 is 14.3 Å². The Morgan fingerprint density at radius 1 is 1.45 bits per heavy atom. The maximum Gasteiger partial charge on any atom is 0.263 e. The summed E-state index contributed by atoms with van der Waals surface area (Å²) in [5, 5.41) is 3.49. The molecule has 0 saturated heterocycles. The lowest BCUT2D eigenvalue weighted by Gasteiger charge is -2.04. The maximum atomic E-state index is 12.0. The number of ether oxygens (including phenoxy) is 1. The Morgan fingerprint density at radius 2 is 2.25 bits per heavy atom. The van der Waals surface area contributed by atoms with Crippen molar-refractivity contribution in [2.75, 3.05) is 25.5 Å². The molecule has 0 saturated carbocycles. The van der Waals surface area contributed by atoms with Crippen LogP contribution in [0.4, 0.5) is 5.69 Å². The summed E-state index contributed by atoms with van der Waals surface area (Å²) in [6.07, 6.45) is 3.30. The van der Waals surface area contributed by atoms with Crippen molar-refractivity contribution in [3.05, 3.63) is 23.3 Å². The van der Waals surface area contributed by atoms with Crippen molar-refractivity contribution in [1.29, 1.82) is 0 Å². The number of nitrogens with two attached hydrogens (primary N) is 2. The topological polar surface area (TPSA) is 120 Å². The summed E-state index contributed by atoms with van der Waals surface area (Å²) in [5.41, 5.74) is 11.3. The molecule has 2 rings (SSSR count). The van der Waals surface area contributed by atoms with Gasteiger partial charge >= 0.3 is 0 Å². The molecule has 0 spiro atoms. The van der Waals surface area contributed by atoms with Crippen molar-refractivity contribution in [2.24, 2.45) is 5.73 Å². The number of nitrogen functional groups attached to an aromatic ring is 1. The van der Waals surface area contributed by atoms with Crippen LogP contribution in [0, 0.1) is 0 Å². The van der Waals surface area contributed by atoms with Crippen LogP contribution in [-0.2, 0) is 9.53 Å². The largest absolute Gasteiger partial charge is 0.397 e. The first kappa shape index (κ1) is 14.2. The molecule has 8 heteroatoms. The zero-order valence-electron chi connectivity index (χ0n) is 10.6. The molecule has 2 aromatic rings. The summed E-state index contributed by atoms with van der Waals surface area (Å²) < 4.78 is 5.80. The number of anilines is 1. The standard InChI is InChI=1S/C12H14N4O3S/c13-9(17)6-19-4-3-16-12(18)11-10(14)7-1-2-15-5-8(7)20-11/h1-2,5H,3-4,6,14H2,(H2,13,17)(H,16,18). The summed E-state index contributed by atoms with van der Waals surface area (Å²) in [4.78, 5) is 26.9. The fraction of sp³-hybridized carbons (Fsp3) is 0.250. The number of nitrogens with one attached hydrogen (secondary N) is 1. The third kappa shape index (κ3) is 3.22. The minimum absolute atomic E-state index is 0.160. The second-order valence-electron chi connectivity index (χ2n) is 3.99. The molecule has 0 aliphatic rings. The summed E-state index contributed by atoms with van der Waals surface area (Å²) in [6.45, 7) is 0.325. The number of carbonyl (C=O) groups excluding carboxylic acids is 2. The lowest BCUT2D eigenvalue weighted by atomic mass is 10.2. The fourth-order valence-electron chi connectivity index (χ4n) is 1.63. The Balaban J connectivity index is 1.94. The smallest absolute Gasteiger partial charge is 0.263 e. The quantitative estimate of drug-likeness (QED) is 0.653. The van der Waals surface area contributed by atoms with Crippen LogP contribution in [0.2, 0.25) is 0 Å². The predicted molar refractivity (Wildman–Crippen MR) is 76.4 cm³/mol. The molecule has 7 nitrogen and oxygen atoms in total. The molecule has 20 heavy (non-hydrogen) atoms. The lowest BCUT2D eigenvalue weighted by molar-refractivity contribution is -0.122. The molecule has 0 atom stereocenters. The number of fused-ring (bicyclic) bond motifs is 1. The molecule has 2 amide bonds. The van der Waals surface area contributed by atoms with Crippen molar-refractivity contribution in [3.8, 4) is 0 Å². The molecular formula is C12H14N4O3S. The summed E-state index contributed by atoms with van der Waals surface area (Å²) in [5.74, 6) is -0.816. The fourth-order valence-corrected chi connectivity index (χ4v) is 2.64. The van der Waals surface area contributed by atoms with Gasteiger partial charge in [-0.25, -0.2) is 0 Å². The van der Waals surface area contributed by atoms with Gasteiger partial charge in [0.15, 0.2) is 0 Å². The van der Waals surface area contributed by atoms with Crippen LogP contribution < -0.4 is 16.8 Å². The van der Waals surface area contributed by atoms with Gasteiger partial charge in [0.25, 0.3) is 5.91 Å². The average Bonchev–Trinajstić information content (AvgIpc) is 2.76. The van der Waals surface area contributed by atoms with E-state index in [1.54, 1.807) is 18.5 Å². The van der Waals surface area contributed by atoms with E-state index < -0.39 is 5.91 Å². The van der Waals surface area contributed by atoms with Crippen molar-refractivity contribution in [1.82, 2.24) is 10.3 Å². The first-order valence-corrected chi connectivity index (χ1v) is 6.67. The van der Waals surface area contributed by atoms with E-state index in [1.807, 2.05) is 0 Å². The summed E-state index contributed by atoms with van der Waals surface area (Å²) in [7, 11) is 0. The van der Waals surface area contributed by atoms with E-state index in [2.05, 4.69) is 10.3 Å². The molecule has 0 radical (unpaired) electrons. The van der Waals surface area contributed by atoms with Gasteiger partial charge in [-0.3, -0.25) is 14.6 Å². The number of primary amides is 1. The second-order valence-corrected chi connectivity index (χ2v) is 5.04. The zero-order chi connectivity index (χ0) is 14.5. The van der Waals surface area contributed by atoms with E-state index in [0.29, 0.717) is 10.6 Å². The number of amides is 2. The first-order valence-electron chi connectivity index (χ1n) is 5.86. The average molecular weight is 294 g/mol. The number of thiophene rings is 1. The highest BCUT2D eigenvalue weighted by Gasteiger charge is 2.15. The SMILES string of the molecule is NC(=O)COCCNC(=O)c1sc2cnccc2c1N. The van der Waals surface area contributed by atoms with Crippen LogP contribution >= 0.6 is 11.3 Å². The molecule has 0 aliphatic heterocycles. The molecule has 0 aliphatic carbocycles. The second kappa shape index (κ2) is 6.31. The van der Waals surface area contributed by atoms with E-state index in [-0.39, 0.29) is 25.7 Å². The zero-order valence-corrected chi connectivity index (χ0v) is 11.4. The van der Waals surface area contributed by atoms with Gasteiger partial charge in [0.2, 0.25) is 5.91 Å². The molecular weight excluding hydrogens is 280 g/mol. The lowest BCUT2D eigenvalue weighted by Crippen LogP contribution is -2.28. The molecule has 0 aromatic carbocycles. The van der Waals surface area contributed by atoms with Crippen molar-refractivity contribution in [2.45, 2.75) is 0 Å². The van der Waals surface area contributed by atoms with Crippen LogP contribution in [0.1, 0.15) is 9.67 Å². The molecule has 0 unspecified atom stereocenters. The maximum absolute atomic E-state index is 12.0. The molecule has 106 valence electrons. The van der Waals surface area contributed by atoms with Gasteiger partial charge in [-0.1, -0.05) is 0 Å². The van der Waals surface area contributed by atoms with E-state index in [0.717, 1.165) is 10.1 Å². The Hall–Kier alpha value is -2.19. The Morgan fingerprint density at radius 3 is 2.95 bits per heavy atom. The van der Waals surface area contributed by atoms with Gasteiger partial charge < -0.3 is 21.5 Å². The Kier molecular flexibility index (Phi) is 4.49. The van der Waals surface area contributed by atoms with E-state index in [1.165, 1.54) is 11.3 Å². The number of nitrogens with zero attached hydrogens (tertiary/aromatic N) is 1. The van der Waals surface area contributed by atoms with E-state index in [4.69, 9.17) is 16.2 Å². The molecule has 2 heterocycles. The third-order valence-corrected chi connectivity index (χ3v) is 3.67. The Labute approximate surface area is 118 Å². The normalized spacial score (nSPS) is 10.6. The number of rotatable bonds is 6. The summed E-state index contributed by atoms with van der Waals surface area (Å²) in [6, 6.07) is 1.77. The number of hydrogen-bond acceptors (Lipinski definition) is 6. The first-order chi connectivity index (χ1) is 9.59. The number of pyridine rings is 1. The van der Waals surface area contributed by atoms with E-state index >= 15 is 0 Å². The number of aromatic nitrogens is 1. The van der Waals surface area contributed by atoms with Crippen LogP contribution in [0.5, 0.6) is 0 Å². The van der Waals surface area contributed by atoms with Gasteiger partial charge in [0, 0.05) is 24.3 Å². The van der Waals surface area contributed by atoms with Gasteiger partial charge in [-0.05, 0) is 6.07 Å². The van der Waals surface area contributed by atoms with Crippen LogP contribution in [0.25, 0.3) is 10.1 Å². The monoisotopic (exact) mass is 294 g/mol.